The Hall–Kier alpha value is -1.78. The molecular formula is C13H15BO3. The molecule has 0 unspecified atom stereocenters. The van der Waals surface area contributed by atoms with E-state index in [0.717, 1.165) is 0 Å². The van der Waals surface area contributed by atoms with Crippen LogP contribution in [0.3, 0.4) is 0 Å². The number of hydrogen-bond acceptors (Lipinski definition) is 3. The molecule has 0 amide bonds. The molecule has 0 aromatic heterocycles. The average molecular weight is 230 g/mol. The Kier molecular flexibility index (Phi) is 5.86. The van der Waals surface area contributed by atoms with Gasteiger partial charge in [0.25, 0.3) is 0 Å². The van der Waals surface area contributed by atoms with Gasteiger partial charge in [-0.1, -0.05) is 48.5 Å². The van der Waals surface area contributed by atoms with E-state index in [9.17, 15) is 0 Å². The lowest BCUT2D eigenvalue weighted by atomic mass is 9.80. The van der Waals surface area contributed by atoms with Gasteiger partial charge in [-0.05, 0) is 17.6 Å². The maximum Gasteiger partial charge on any atom is 0.488 e. The van der Waals surface area contributed by atoms with Crippen molar-refractivity contribution in [3.05, 3.63) is 60.7 Å². The summed E-state index contributed by atoms with van der Waals surface area (Å²) in [7, 11) is 0.158. The van der Waals surface area contributed by atoms with Crippen LogP contribution in [0.5, 0.6) is 5.75 Å². The molecule has 2 aromatic rings. The summed E-state index contributed by atoms with van der Waals surface area (Å²) in [4.78, 5) is 0. The van der Waals surface area contributed by atoms with E-state index in [1.807, 2.05) is 36.4 Å². The van der Waals surface area contributed by atoms with Gasteiger partial charge in [0.2, 0.25) is 0 Å². The van der Waals surface area contributed by atoms with E-state index < -0.39 is 7.12 Å². The molecule has 2 rings (SSSR count). The highest BCUT2D eigenvalue weighted by molar-refractivity contribution is 6.58. The molecule has 88 valence electrons. The monoisotopic (exact) mass is 230 g/mol. The predicted molar refractivity (Wildman–Crippen MR) is 69.3 cm³/mol. The van der Waals surface area contributed by atoms with Crippen LogP contribution in [0.15, 0.2) is 60.7 Å². The molecular weight excluding hydrogens is 215 g/mol. The van der Waals surface area contributed by atoms with Crippen LogP contribution in [-0.4, -0.2) is 24.3 Å². The number of ether oxygens (including phenoxy) is 1. The average Bonchev–Trinajstić information content (AvgIpc) is 2.41. The van der Waals surface area contributed by atoms with Crippen molar-refractivity contribution in [1.29, 1.82) is 0 Å². The lowest BCUT2D eigenvalue weighted by Gasteiger charge is -2.00. The molecule has 0 radical (unpaired) electrons. The van der Waals surface area contributed by atoms with E-state index in [0.29, 0.717) is 11.2 Å². The van der Waals surface area contributed by atoms with Crippen LogP contribution in [0, 0.1) is 0 Å². The second-order valence-corrected chi connectivity index (χ2v) is 3.30. The lowest BCUT2D eigenvalue weighted by molar-refractivity contribution is 0.414. The van der Waals surface area contributed by atoms with Gasteiger partial charge in [-0.15, -0.1) is 0 Å². The van der Waals surface area contributed by atoms with Gasteiger partial charge in [0.15, 0.2) is 0 Å². The minimum Gasteiger partial charge on any atom is -0.497 e. The van der Waals surface area contributed by atoms with Crippen molar-refractivity contribution in [3.8, 4) is 5.75 Å². The Balaban J connectivity index is 0.000000202. The van der Waals surface area contributed by atoms with Crippen LogP contribution in [0.1, 0.15) is 0 Å². The van der Waals surface area contributed by atoms with Crippen LogP contribution >= 0.6 is 0 Å². The molecule has 0 aliphatic carbocycles. The molecule has 0 atom stereocenters. The molecule has 0 aliphatic rings. The Bertz CT molecular complexity index is 374. The Morgan fingerprint density at radius 2 is 1.24 bits per heavy atom. The molecule has 3 nitrogen and oxygen atoms in total. The quantitative estimate of drug-likeness (QED) is 0.758. The summed E-state index contributed by atoms with van der Waals surface area (Å²) in [6, 6.07) is 18.6. The third-order valence-electron chi connectivity index (χ3n) is 2.08. The lowest BCUT2D eigenvalue weighted by Crippen LogP contribution is -2.29. The van der Waals surface area contributed by atoms with Gasteiger partial charge >= 0.3 is 7.12 Å². The second-order valence-electron chi connectivity index (χ2n) is 3.30. The fraction of sp³-hybridized carbons (Fsp3) is 0.0769. The molecule has 0 saturated carbocycles. The molecule has 0 saturated heterocycles. The van der Waals surface area contributed by atoms with E-state index in [4.69, 9.17) is 14.8 Å². The first-order valence-corrected chi connectivity index (χ1v) is 5.24. The highest BCUT2D eigenvalue weighted by atomic mass is 16.5. The van der Waals surface area contributed by atoms with Gasteiger partial charge in [-0.3, -0.25) is 0 Å². The van der Waals surface area contributed by atoms with Crippen molar-refractivity contribution in [2.45, 2.75) is 0 Å². The Morgan fingerprint density at radius 1 is 0.824 bits per heavy atom. The summed E-state index contributed by atoms with van der Waals surface area (Å²) in [5.74, 6) is 0.703. The molecule has 0 heterocycles. The van der Waals surface area contributed by atoms with Crippen molar-refractivity contribution >= 4 is 12.6 Å². The topological polar surface area (TPSA) is 49.7 Å². The van der Waals surface area contributed by atoms with E-state index in [1.54, 1.807) is 31.4 Å². The molecule has 0 fully saturated rings. The highest BCUT2D eigenvalue weighted by Crippen LogP contribution is 2.05. The van der Waals surface area contributed by atoms with Crippen LogP contribution in [-0.2, 0) is 0 Å². The fourth-order valence-electron chi connectivity index (χ4n) is 1.16. The van der Waals surface area contributed by atoms with Crippen molar-refractivity contribution in [2.24, 2.45) is 0 Å². The van der Waals surface area contributed by atoms with Crippen molar-refractivity contribution in [2.75, 3.05) is 7.11 Å². The number of rotatable bonds is 2. The normalized spacial score (nSPS) is 8.88. The van der Waals surface area contributed by atoms with Gasteiger partial charge in [-0.25, -0.2) is 0 Å². The third-order valence-corrected chi connectivity index (χ3v) is 2.08. The fourth-order valence-corrected chi connectivity index (χ4v) is 1.16. The van der Waals surface area contributed by atoms with Crippen molar-refractivity contribution in [1.82, 2.24) is 0 Å². The van der Waals surface area contributed by atoms with Gasteiger partial charge in [0, 0.05) is 0 Å². The van der Waals surface area contributed by atoms with E-state index >= 15 is 0 Å². The largest absolute Gasteiger partial charge is 0.497 e. The van der Waals surface area contributed by atoms with E-state index in [1.165, 1.54) is 0 Å². The number of benzene rings is 2. The van der Waals surface area contributed by atoms with E-state index in [-0.39, 0.29) is 0 Å². The van der Waals surface area contributed by atoms with Crippen LogP contribution in [0.4, 0.5) is 0 Å². The van der Waals surface area contributed by atoms with Crippen molar-refractivity contribution < 1.29 is 14.8 Å². The summed E-state index contributed by atoms with van der Waals surface area (Å²) in [5.41, 5.74) is 0.464. The Morgan fingerprint density at radius 3 is 1.53 bits per heavy atom. The molecule has 0 spiro atoms. The molecule has 0 aliphatic heterocycles. The first kappa shape index (κ1) is 13.3. The van der Waals surface area contributed by atoms with Gasteiger partial charge < -0.3 is 14.8 Å². The number of methoxy groups -OCH3 is 1. The summed E-state index contributed by atoms with van der Waals surface area (Å²) < 4.78 is 4.89. The summed E-state index contributed by atoms with van der Waals surface area (Å²) in [5, 5.41) is 17.4. The summed E-state index contributed by atoms with van der Waals surface area (Å²) >= 11 is 0. The first-order chi connectivity index (χ1) is 8.24. The molecule has 2 N–H and O–H groups in total. The first-order valence-electron chi connectivity index (χ1n) is 5.24. The third kappa shape index (κ3) is 5.20. The zero-order chi connectivity index (χ0) is 12.5. The van der Waals surface area contributed by atoms with Crippen molar-refractivity contribution in [3.63, 3.8) is 0 Å². The maximum absolute atomic E-state index is 8.70. The van der Waals surface area contributed by atoms with Gasteiger partial charge in [-0.2, -0.15) is 0 Å². The maximum atomic E-state index is 8.70. The minimum atomic E-state index is -1.40. The van der Waals surface area contributed by atoms with Gasteiger partial charge in [0.1, 0.15) is 5.75 Å². The smallest absolute Gasteiger partial charge is 0.488 e. The standard InChI is InChI=1S/C7H9BO3.C6H6/c1-11-7-4-2-6(3-5-7)8(9)10;1-2-4-6-5-3-1/h2-5,9-10H,1H3;1-6H. The number of hydrogen-bond donors (Lipinski definition) is 2. The summed E-state index contributed by atoms with van der Waals surface area (Å²) in [6.07, 6.45) is 0. The van der Waals surface area contributed by atoms with Crippen LogP contribution < -0.4 is 10.2 Å². The Labute approximate surface area is 101 Å². The van der Waals surface area contributed by atoms with Gasteiger partial charge in [0.05, 0.1) is 7.11 Å². The van der Waals surface area contributed by atoms with Crippen LogP contribution in [0.2, 0.25) is 0 Å². The SMILES string of the molecule is COc1ccc(B(O)O)cc1.c1ccccc1. The second kappa shape index (κ2) is 7.49. The molecule has 2 aromatic carbocycles. The van der Waals surface area contributed by atoms with E-state index in [2.05, 4.69) is 0 Å². The molecule has 4 heteroatoms. The predicted octanol–water partition coefficient (Wildman–Crippen LogP) is 1.06. The molecule has 17 heavy (non-hydrogen) atoms. The zero-order valence-electron chi connectivity index (χ0n) is 9.65. The summed E-state index contributed by atoms with van der Waals surface area (Å²) in [6.45, 7) is 0. The van der Waals surface area contributed by atoms with Crippen LogP contribution in [0.25, 0.3) is 0 Å². The zero-order valence-corrected chi connectivity index (χ0v) is 9.65. The molecule has 0 bridgehead atoms. The minimum absolute atomic E-state index is 0.464. The highest BCUT2D eigenvalue weighted by Gasteiger charge is 2.09.